The van der Waals surface area contributed by atoms with Crippen LogP contribution in [0.4, 0.5) is 0 Å². The van der Waals surface area contributed by atoms with Gasteiger partial charge in [0.05, 0.1) is 0 Å². The van der Waals surface area contributed by atoms with Crippen molar-refractivity contribution in [1.82, 2.24) is 10.6 Å². The van der Waals surface area contributed by atoms with E-state index in [1.807, 2.05) is 0 Å². The first-order valence-corrected chi connectivity index (χ1v) is 6.87. The number of hydrogen-bond acceptors (Lipinski definition) is 3. The molecule has 18 heavy (non-hydrogen) atoms. The van der Waals surface area contributed by atoms with Crippen LogP contribution in [0.3, 0.4) is 0 Å². The monoisotopic (exact) mass is 248 g/mol. The molecule has 0 spiro atoms. The molecule has 0 aromatic carbocycles. The Hall–Kier alpha value is -0.930. The Bertz CT molecular complexity index is 401. The van der Waals surface area contributed by atoms with Crippen LogP contribution in [-0.2, 0) is 4.79 Å². The van der Waals surface area contributed by atoms with Crippen molar-refractivity contribution in [2.24, 2.45) is 5.41 Å². The maximum absolute atomic E-state index is 12.3. The molecule has 3 nitrogen and oxygen atoms in total. The SMILES string of the molecule is C=C1CC(C)(C)C(C2CNCCN2)=C(CC)C1=O. The third-order valence-corrected chi connectivity index (χ3v) is 4.05. The number of hydrogen-bond donors (Lipinski definition) is 2. The summed E-state index contributed by atoms with van der Waals surface area (Å²) in [5.41, 5.74) is 3.09. The van der Waals surface area contributed by atoms with Gasteiger partial charge in [0.15, 0.2) is 5.78 Å². The second kappa shape index (κ2) is 4.98. The van der Waals surface area contributed by atoms with Gasteiger partial charge in [0.25, 0.3) is 0 Å². The molecule has 0 saturated carbocycles. The van der Waals surface area contributed by atoms with Gasteiger partial charge in [-0.25, -0.2) is 0 Å². The van der Waals surface area contributed by atoms with Crippen molar-refractivity contribution in [2.45, 2.75) is 39.7 Å². The molecule has 0 amide bonds. The molecular weight excluding hydrogens is 224 g/mol. The molecule has 2 rings (SSSR count). The third-order valence-electron chi connectivity index (χ3n) is 4.05. The van der Waals surface area contributed by atoms with Gasteiger partial charge in [-0.3, -0.25) is 4.79 Å². The summed E-state index contributed by atoms with van der Waals surface area (Å²) in [4.78, 5) is 12.3. The molecule has 2 N–H and O–H groups in total. The largest absolute Gasteiger partial charge is 0.314 e. The summed E-state index contributed by atoms with van der Waals surface area (Å²) in [6.45, 7) is 13.4. The Morgan fingerprint density at radius 2 is 2.11 bits per heavy atom. The Kier molecular flexibility index (Phi) is 3.74. The highest BCUT2D eigenvalue weighted by molar-refractivity contribution is 6.09. The molecule has 1 heterocycles. The molecule has 0 aromatic rings. The minimum absolute atomic E-state index is 0.0347. The van der Waals surface area contributed by atoms with Crippen molar-refractivity contribution < 1.29 is 4.79 Å². The molecule has 1 fully saturated rings. The second-order valence-electron chi connectivity index (χ2n) is 5.95. The Balaban J connectivity index is 2.44. The molecular formula is C15H24N2O. The zero-order valence-corrected chi connectivity index (χ0v) is 11.7. The normalized spacial score (nSPS) is 28.7. The predicted octanol–water partition coefficient (Wildman–Crippen LogP) is 1.81. The lowest BCUT2D eigenvalue weighted by atomic mass is 9.67. The lowest BCUT2D eigenvalue weighted by Crippen LogP contribution is -2.52. The fraction of sp³-hybridized carbons (Fsp3) is 0.667. The van der Waals surface area contributed by atoms with Gasteiger partial charge in [-0.15, -0.1) is 0 Å². The summed E-state index contributed by atoms with van der Waals surface area (Å²) >= 11 is 0. The van der Waals surface area contributed by atoms with Gasteiger partial charge >= 0.3 is 0 Å². The summed E-state index contributed by atoms with van der Waals surface area (Å²) in [7, 11) is 0. The average molecular weight is 248 g/mol. The molecule has 1 unspecified atom stereocenters. The van der Waals surface area contributed by atoms with E-state index in [0.29, 0.717) is 6.04 Å². The van der Waals surface area contributed by atoms with Crippen molar-refractivity contribution in [1.29, 1.82) is 0 Å². The Labute approximate surface area is 110 Å². The van der Waals surface area contributed by atoms with Gasteiger partial charge in [0.1, 0.15) is 0 Å². The van der Waals surface area contributed by atoms with E-state index in [2.05, 4.69) is 38.0 Å². The molecule has 0 aromatic heterocycles. The summed E-state index contributed by atoms with van der Waals surface area (Å²) in [6, 6.07) is 0.292. The van der Waals surface area contributed by atoms with E-state index in [1.165, 1.54) is 5.57 Å². The molecule has 1 aliphatic heterocycles. The minimum atomic E-state index is 0.0347. The van der Waals surface area contributed by atoms with Crippen LogP contribution in [0.1, 0.15) is 33.6 Å². The number of piperazine rings is 1. The topological polar surface area (TPSA) is 41.1 Å². The van der Waals surface area contributed by atoms with Gasteiger partial charge in [-0.2, -0.15) is 0 Å². The zero-order chi connectivity index (χ0) is 13.3. The number of nitrogens with one attached hydrogen (secondary N) is 2. The molecule has 3 heteroatoms. The number of allylic oxidation sites excluding steroid dienone is 2. The van der Waals surface area contributed by atoms with Gasteiger partial charge < -0.3 is 10.6 Å². The first-order valence-electron chi connectivity index (χ1n) is 6.87. The minimum Gasteiger partial charge on any atom is -0.314 e. The van der Waals surface area contributed by atoms with E-state index in [-0.39, 0.29) is 11.2 Å². The summed E-state index contributed by atoms with van der Waals surface area (Å²) in [5.74, 6) is 0.180. The van der Waals surface area contributed by atoms with E-state index >= 15 is 0 Å². The molecule has 100 valence electrons. The van der Waals surface area contributed by atoms with Crippen molar-refractivity contribution in [3.05, 3.63) is 23.3 Å². The van der Waals surface area contributed by atoms with E-state index in [9.17, 15) is 4.79 Å². The first-order chi connectivity index (χ1) is 8.47. The molecule has 2 aliphatic rings. The van der Waals surface area contributed by atoms with Gasteiger partial charge in [0.2, 0.25) is 0 Å². The number of carbonyl (C=O) groups excluding carboxylic acids is 1. The first kappa shape index (κ1) is 13.5. The van der Waals surface area contributed by atoms with Gasteiger partial charge in [0, 0.05) is 31.2 Å². The molecule has 1 atom stereocenters. The maximum atomic E-state index is 12.3. The highest BCUT2D eigenvalue weighted by Crippen LogP contribution is 2.43. The van der Waals surface area contributed by atoms with Gasteiger partial charge in [-0.05, 0) is 29.4 Å². The van der Waals surface area contributed by atoms with Crippen molar-refractivity contribution in [2.75, 3.05) is 19.6 Å². The van der Waals surface area contributed by atoms with Crippen LogP contribution in [-0.4, -0.2) is 31.5 Å². The van der Waals surface area contributed by atoms with Crippen molar-refractivity contribution in [3.63, 3.8) is 0 Å². The number of Topliss-reactive ketones (excluding diaryl/α,β-unsaturated/α-hetero) is 1. The number of ketones is 1. The quantitative estimate of drug-likeness (QED) is 0.732. The smallest absolute Gasteiger partial charge is 0.184 e. The molecule has 1 aliphatic carbocycles. The fourth-order valence-electron chi connectivity index (χ4n) is 3.34. The lowest BCUT2D eigenvalue weighted by molar-refractivity contribution is -0.113. The highest BCUT2D eigenvalue weighted by atomic mass is 16.1. The Morgan fingerprint density at radius 3 is 2.67 bits per heavy atom. The second-order valence-corrected chi connectivity index (χ2v) is 5.95. The van der Waals surface area contributed by atoms with E-state index in [0.717, 1.165) is 43.6 Å². The highest BCUT2D eigenvalue weighted by Gasteiger charge is 2.39. The molecule has 0 radical (unpaired) electrons. The van der Waals surface area contributed by atoms with Crippen molar-refractivity contribution >= 4 is 5.78 Å². The molecule has 1 saturated heterocycles. The summed E-state index contributed by atoms with van der Waals surface area (Å²) < 4.78 is 0. The number of carbonyl (C=O) groups is 1. The van der Waals surface area contributed by atoms with Crippen LogP contribution in [0.2, 0.25) is 0 Å². The summed E-state index contributed by atoms with van der Waals surface area (Å²) in [6.07, 6.45) is 1.58. The Morgan fingerprint density at radius 1 is 1.39 bits per heavy atom. The third kappa shape index (κ3) is 2.29. The zero-order valence-electron chi connectivity index (χ0n) is 11.7. The van der Waals surface area contributed by atoms with E-state index in [4.69, 9.17) is 0 Å². The van der Waals surface area contributed by atoms with Gasteiger partial charge in [-0.1, -0.05) is 27.4 Å². The average Bonchev–Trinajstić information content (AvgIpc) is 2.33. The fourth-order valence-corrected chi connectivity index (χ4v) is 3.34. The van der Waals surface area contributed by atoms with E-state index < -0.39 is 0 Å². The van der Waals surface area contributed by atoms with Crippen LogP contribution in [0.5, 0.6) is 0 Å². The van der Waals surface area contributed by atoms with Crippen molar-refractivity contribution in [3.8, 4) is 0 Å². The standard InChI is InChI=1S/C15H24N2O/c1-5-11-13(12-9-16-6-7-17-12)15(3,4)8-10(2)14(11)18/h12,16-17H,2,5-9H2,1,3-4H3. The summed E-state index contributed by atoms with van der Waals surface area (Å²) in [5, 5.41) is 6.95. The number of rotatable bonds is 2. The van der Waals surface area contributed by atoms with Crippen LogP contribution in [0.25, 0.3) is 0 Å². The molecule has 0 bridgehead atoms. The predicted molar refractivity (Wildman–Crippen MR) is 74.5 cm³/mol. The van der Waals surface area contributed by atoms with Crippen LogP contribution >= 0.6 is 0 Å². The maximum Gasteiger partial charge on any atom is 0.184 e. The van der Waals surface area contributed by atoms with Crippen LogP contribution in [0.15, 0.2) is 23.3 Å². The van der Waals surface area contributed by atoms with Crippen LogP contribution in [0, 0.1) is 5.41 Å². The van der Waals surface area contributed by atoms with Crippen LogP contribution < -0.4 is 10.6 Å². The van der Waals surface area contributed by atoms with E-state index in [1.54, 1.807) is 0 Å². The lowest BCUT2D eigenvalue weighted by Gasteiger charge is -2.41.